The lowest BCUT2D eigenvalue weighted by molar-refractivity contribution is 0.752. The van der Waals surface area contributed by atoms with E-state index in [0.29, 0.717) is 6.54 Å². The van der Waals surface area contributed by atoms with Gasteiger partial charge in [-0.3, -0.25) is 0 Å². The van der Waals surface area contributed by atoms with E-state index in [2.05, 4.69) is 0 Å². The van der Waals surface area contributed by atoms with E-state index in [0.717, 1.165) is 9.21 Å². The first-order chi connectivity index (χ1) is 4.74. The third-order valence-electron chi connectivity index (χ3n) is 1.21. The SMILES string of the molecule is NC[C@H](N)c1ccc(Cl)s1. The average molecular weight is 177 g/mol. The molecule has 1 rings (SSSR count). The second-order valence-electron chi connectivity index (χ2n) is 1.98. The highest BCUT2D eigenvalue weighted by molar-refractivity contribution is 7.16. The lowest BCUT2D eigenvalue weighted by Crippen LogP contribution is -2.19. The van der Waals surface area contributed by atoms with Gasteiger partial charge < -0.3 is 11.5 Å². The van der Waals surface area contributed by atoms with E-state index in [1.807, 2.05) is 12.1 Å². The van der Waals surface area contributed by atoms with Gasteiger partial charge in [-0.05, 0) is 12.1 Å². The van der Waals surface area contributed by atoms with Crippen LogP contribution in [0.15, 0.2) is 12.1 Å². The summed E-state index contributed by atoms with van der Waals surface area (Å²) in [6.07, 6.45) is 0. The van der Waals surface area contributed by atoms with Gasteiger partial charge in [0.25, 0.3) is 0 Å². The lowest BCUT2D eigenvalue weighted by Gasteiger charge is -2.02. The summed E-state index contributed by atoms with van der Waals surface area (Å²) in [6.45, 7) is 0.469. The molecular weight excluding hydrogens is 168 g/mol. The van der Waals surface area contributed by atoms with Crippen LogP contribution in [-0.2, 0) is 0 Å². The van der Waals surface area contributed by atoms with Gasteiger partial charge in [-0.2, -0.15) is 0 Å². The molecule has 1 heterocycles. The normalized spacial score (nSPS) is 13.5. The zero-order valence-corrected chi connectivity index (χ0v) is 6.95. The highest BCUT2D eigenvalue weighted by Crippen LogP contribution is 2.24. The molecule has 0 aliphatic carbocycles. The van der Waals surface area contributed by atoms with Crippen LogP contribution >= 0.6 is 22.9 Å². The Bertz CT molecular complexity index is 211. The summed E-state index contributed by atoms with van der Waals surface area (Å²) in [5.74, 6) is 0. The standard InChI is InChI=1S/C6H9ClN2S/c7-6-2-1-5(10-6)4(9)3-8/h1-2,4H,3,8-9H2/t4-/m0/s1. The molecule has 0 fully saturated rings. The first kappa shape index (κ1) is 8.01. The van der Waals surface area contributed by atoms with Crippen molar-refractivity contribution in [1.29, 1.82) is 0 Å². The third kappa shape index (κ3) is 1.70. The lowest BCUT2D eigenvalue weighted by atomic mass is 10.3. The highest BCUT2D eigenvalue weighted by atomic mass is 35.5. The molecule has 0 radical (unpaired) electrons. The van der Waals surface area contributed by atoms with E-state index < -0.39 is 0 Å². The van der Waals surface area contributed by atoms with Gasteiger partial charge in [-0.25, -0.2) is 0 Å². The van der Waals surface area contributed by atoms with E-state index in [1.54, 1.807) is 0 Å². The molecule has 0 unspecified atom stereocenters. The summed E-state index contributed by atoms with van der Waals surface area (Å²) in [6, 6.07) is 3.68. The number of halogens is 1. The van der Waals surface area contributed by atoms with Gasteiger partial charge in [-0.1, -0.05) is 11.6 Å². The van der Waals surface area contributed by atoms with Crippen molar-refractivity contribution in [3.05, 3.63) is 21.3 Å². The summed E-state index contributed by atoms with van der Waals surface area (Å²) in [5, 5.41) is 0. The summed E-state index contributed by atoms with van der Waals surface area (Å²) >= 11 is 7.16. The van der Waals surface area contributed by atoms with Crippen molar-refractivity contribution in [2.45, 2.75) is 6.04 Å². The maximum atomic E-state index is 5.68. The van der Waals surface area contributed by atoms with Crippen molar-refractivity contribution in [3.8, 4) is 0 Å². The molecule has 10 heavy (non-hydrogen) atoms. The van der Waals surface area contributed by atoms with E-state index in [4.69, 9.17) is 23.1 Å². The first-order valence-electron chi connectivity index (χ1n) is 2.95. The fourth-order valence-electron chi connectivity index (χ4n) is 0.644. The number of thiophene rings is 1. The largest absolute Gasteiger partial charge is 0.329 e. The van der Waals surface area contributed by atoms with Crippen LogP contribution in [0.25, 0.3) is 0 Å². The fraction of sp³-hybridized carbons (Fsp3) is 0.333. The quantitative estimate of drug-likeness (QED) is 0.715. The van der Waals surface area contributed by atoms with E-state index in [1.165, 1.54) is 11.3 Å². The van der Waals surface area contributed by atoms with Crippen molar-refractivity contribution in [2.24, 2.45) is 11.5 Å². The van der Waals surface area contributed by atoms with Gasteiger partial charge in [0.1, 0.15) is 0 Å². The molecule has 4 N–H and O–H groups in total. The zero-order chi connectivity index (χ0) is 7.56. The molecule has 0 saturated carbocycles. The Kier molecular flexibility index (Phi) is 2.68. The van der Waals surface area contributed by atoms with Crippen LogP contribution in [0, 0.1) is 0 Å². The van der Waals surface area contributed by atoms with Gasteiger partial charge in [0.15, 0.2) is 0 Å². The van der Waals surface area contributed by atoms with Crippen LogP contribution in [-0.4, -0.2) is 6.54 Å². The third-order valence-corrected chi connectivity index (χ3v) is 2.58. The minimum Gasteiger partial charge on any atom is -0.329 e. The van der Waals surface area contributed by atoms with Gasteiger partial charge in [-0.15, -0.1) is 11.3 Å². The monoisotopic (exact) mass is 176 g/mol. The predicted molar refractivity (Wildman–Crippen MR) is 45.3 cm³/mol. The molecular formula is C6H9ClN2S. The zero-order valence-electron chi connectivity index (χ0n) is 5.38. The fourth-order valence-corrected chi connectivity index (χ4v) is 1.72. The molecule has 0 aromatic carbocycles. The second kappa shape index (κ2) is 3.34. The van der Waals surface area contributed by atoms with Crippen LogP contribution in [0.4, 0.5) is 0 Å². The molecule has 0 amide bonds. The molecule has 0 bridgehead atoms. The van der Waals surface area contributed by atoms with Gasteiger partial charge in [0.05, 0.1) is 10.4 Å². The Morgan fingerprint density at radius 2 is 2.30 bits per heavy atom. The highest BCUT2D eigenvalue weighted by Gasteiger charge is 2.04. The molecule has 1 aromatic rings. The number of hydrogen-bond donors (Lipinski definition) is 2. The van der Waals surface area contributed by atoms with Crippen LogP contribution in [0.2, 0.25) is 4.34 Å². The van der Waals surface area contributed by atoms with E-state index in [-0.39, 0.29) is 6.04 Å². The van der Waals surface area contributed by atoms with Gasteiger partial charge in [0, 0.05) is 11.4 Å². The topological polar surface area (TPSA) is 52.0 Å². The number of hydrogen-bond acceptors (Lipinski definition) is 3. The summed E-state index contributed by atoms with van der Waals surface area (Å²) in [7, 11) is 0. The molecule has 4 heteroatoms. The Labute approximate surface area is 68.8 Å². The number of rotatable bonds is 2. The van der Waals surface area contributed by atoms with Crippen LogP contribution < -0.4 is 11.5 Å². The van der Waals surface area contributed by atoms with Crippen molar-refractivity contribution in [3.63, 3.8) is 0 Å². The van der Waals surface area contributed by atoms with E-state index >= 15 is 0 Å². The molecule has 0 aliphatic heterocycles. The van der Waals surface area contributed by atoms with Gasteiger partial charge >= 0.3 is 0 Å². The summed E-state index contributed by atoms with van der Waals surface area (Å²) < 4.78 is 0.763. The van der Waals surface area contributed by atoms with Crippen molar-refractivity contribution >= 4 is 22.9 Å². The first-order valence-corrected chi connectivity index (χ1v) is 4.14. The average Bonchev–Trinajstić information content (AvgIpc) is 2.34. The minimum absolute atomic E-state index is 0.0579. The van der Waals surface area contributed by atoms with Crippen LogP contribution in [0.3, 0.4) is 0 Å². The number of nitrogens with two attached hydrogens (primary N) is 2. The van der Waals surface area contributed by atoms with Gasteiger partial charge in [0.2, 0.25) is 0 Å². The smallest absolute Gasteiger partial charge is 0.0931 e. The molecule has 1 aromatic heterocycles. The maximum absolute atomic E-state index is 5.68. The van der Waals surface area contributed by atoms with Crippen LogP contribution in [0.1, 0.15) is 10.9 Å². The van der Waals surface area contributed by atoms with Crippen molar-refractivity contribution in [2.75, 3.05) is 6.54 Å². The molecule has 0 aliphatic rings. The molecule has 56 valence electrons. The maximum Gasteiger partial charge on any atom is 0.0931 e. The summed E-state index contributed by atoms with van der Waals surface area (Å²) in [4.78, 5) is 1.05. The summed E-state index contributed by atoms with van der Waals surface area (Å²) in [5.41, 5.74) is 11.0. The molecule has 2 nitrogen and oxygen atoms in total. The molecule has 0 saturated heterocycles. The van der Waals surface area contributed by atoms with Crippen molar-refractivity contribution in [1.82, 2.24) is 0 Å². The van der Waals surface area contributed by atoms with E-state index in [9.17, 15) is 0 Å². The second-order valence-corrected chi connectivity index (χ2v) is 3.73. The Balaban J connectivity index is 2.74. The molecule has 1 atom stereocenters. The Hall–Kier alpha value is -0.0900. The minimum atomic E-state index is -0.0579. The van der Waals surface area contributed by atoms with Crippen molar-refractivity contribution < 1.29 is 0 Å². The predicted octanol–water partition coefficient (Wildman–Crippen LogP) is 1.36. The Morgan fingerprint density at radius 3 is 2.70 bits per heavy atom. The van der Waals surface area contributed by atoms with Crippen LogP contribution in [0.5, 0.6) is 0 Å². The molecule has 0 spiro atoms. The Morgan fingerprint density at radius 1 is 1.60 bits per heavy atom.